The molecular formula is C35H25F3N4O3. The van der Waals surface area contributed by atoms with Crippen molar-refractivity contribution in [3.63, 3.8) is 0 Å². The summed E-state index contributed by atoms with van der Waals surface area (Å²) in [4.78, 5) is 29.7. The molecule has 6 aromatic rings. The summed E-state index contributed by atoms with van der Waals surface area (Å²) in [7, 11) is 0. The number of para-hydroxylation sites is 3. The monoisotopic (exact) mass is 606 g/mol. The number of anilines is 2. The molecule has 10 heteroatoms. The molecule has 0 spiro atoms. The van der Waals surface area contributed by atoms with E-state index in [1.807, 2.05) is 6.07 Å². The molecule has 0 saturated heterocycles. The Morgan fingerprint density at radius 2 is 1.58 bits per heavy atom. The van der Waals surface area contributed by atoms with Crippen LogP contribution in [0.1, 0.15) is 31.8 Å². The first-order valence-electron chi connectivity index (χ1n) is 13.9. The molecule has 0 atom stereocenters. The molecular weight excluding hydrogens is 581 g/mol. The molecule has 4 N–H and O–H groups in total. The van der Waals surface area contributed by atoms with Crippen molar-refractivity contribution in [2.24, 2.45) is 0 Å². The molecule has 7 nitrogen and oxygen atoms in total. The lowest BCUT2D eigenvalue weighted by Gasteiger charge is -2.13. The minimum Gasteiger partial charge on any atom is -0.457 e. The maximum Gasteiger partial charge on any atom is 0.418 e. The van der Waals surface area contributed by atoms with Crippen molar-refractivity contribution in [2.75, 3.05) is 11.1 Å². The van der Waals surface area contributed by atoms with Crippen molar-refractivity contribution < 1.29 is 27.5 Å². The van der Waals surface area contributed by atoms with E-state index >= 15 is 0 Å². The van der Waals surface area contributed by atoms with E-state index in [9.17, 15) is 22.8 Å². The van der Waals surface area contributed by atoms with E-state index < -0.39 is 11.7 Å². The van der Waals surface area contributed by atoms with Crippen LogP contribution in [0.5, 0.6) is 11.5 Å². The van der Waals surface area contributed by atoms with Gasteiger partial charge in [-0.15, -0.1) is 0 Å². The van der Waals surface area contributed by atoms with Crippen LogP contribution in [0.2, 0.25) is 0 Å². The number of carbonyl (C=O) groups excluding carboxylic acids is 2. The third-order valence-electron chi connectivity index (χ3n) is 7.24. The highest BCUT2D eigenvalue weighted by Crippen LogP contribution is 2.38. The fraction of sp³-hybridized carbons (Fsp3) is 0.0571. The minimum absolute atomic E-state index is 0.197. The van der Waals surface area contributed by atoms with Gasteiger partial charge < -0.3 is 21.1 Å². The second-order valence-electron chi connectivity index (χ2n) is 10.2. The number of ether oxygens (including phenoxy) is 1. The zero-order valence-electron chi connectivity index (χ0n) is 23.6. The van der Waals surface area contributed by atoms with Gasteiger partial charge >= 0.3 is 6.18 Å². The predicted molar refractivity (Wildman–Crippen MR) is 167 cm³/mol. The molecule has 0 bridgehead atoms. The van der Waals surface area contributed by atoms with Gasteiger partial charge in [0.25, 0.3) is 11.8 Å². The van der Waals surface area contributed by atoms with Gasteiger partial charge in [0.1, 0.15) is 11.5 Å². The molecule has 0 aliphatic rings. The summed E-state index contributed by atoms with van der Waals surface area (Å²) in [6, 6.07) is 29.6. The number of rotatable bonds is 7. The predicted octanol–water partition coefficient (Wildman–Crippen LogP) is 7.96. The largest absolute Gasteiger partial charge is 0.457 e. The molecule has 1 heterocycles. The van der Waals surface area contributed by atoms with Gasteiger partial charge in [-0.3, -0.25) is 14.6 Å². The van der Waals surface area contributed by atoms with Crippen LogP contribution in [0.3, 0.4) is 0 Å². The number of benzene rings is 5. The number of fused-ring (bicyclic) bond motifs is 2. The van der Waals surface area contributed by atoms with E-state index in [-0.39, 0.29) is 35.0 Å². The second kappa shape index (κ2) is 12.0. The molecule has 224 valence electrons. The molecule has 6 rings (SSSR count). The zero-order valence-corrected chi connectivity index (χ0v) is 23.6. The molecule has 5 aromatic carbocycles. The Labute approximate surface area is 255 Å². The van der Waals surface area contributed by atoms with Gasteiger partial charge in [-0.2, -0.15) is 13.2 Å². The number of pyridine rings is 1. The lowest BCUT2D eigenvalue weighted by molar-refractivity contribution is -0.136. The Morgan fingerprint density at radius 3 is 2.36 bits per heavy atom. The number of hydrogen-bond acceptors (Lipinski definition) is 5. The number of hydrogen-bond donors (Lipinski definition) is 3. The van der Waals surface area contributed by atoms with Crippen LogP contribution in [-0.2, 0) is 12.7 Å². The molecule has 0 aliphatic carbocycles. The summed E-state index contributed by atoms with van der Waals surface area (Å²) in [6.07, 6.45) is -3.28. The van der Waals surface area contributed by atoms with Gasteiger partial charge in [0.05, 0.1) is 22.5 Å². The molecule has 0 aliphatic heterocycles. The third kappa shape index (κ3) is 6.25. The fourth-order valence-electron chi connectivity index (χ4n) is 4.98. The molecule has 2 amide bonds. The van der Waals surface area contributed by atoms with E-state index in [1.54, 1.807) is 78.9 Å². The normalized spacial score (nSPS) is 11.4. The Bertz CT molecular complexity index is 2060. The summed E-state index contributed by atoms with van der Waals surface area (Å²) in [5.74, 6) is 0.0253. The van der Waals surface area contributed by atoms with Crippen molar-refractivity contribution in [1.29, 1.82) is 0 Å². The molecule has 0 radical (unpaired) electrons. The topological polar surface area (TPSA) is 106 Å². The standard InChI is InChI=1S/C35H25F3N4O3/c36-35(37,38)28-8-4-7-27-31(17-18-40-32(27)28)45-24-15-16-25-23(19-24)5-3-6-26(25)34(44)41-20-21-11-13-22(14-12-21)33(43)42-30-10-2-1-9-29(30)39/h1-19H,20,39H2,(H,41,44)(H,42,43). The van der Waals surface area contributed by atoms with E-state index in [1.165, 1.54) is 24.4 Å². The first-order valence-corrected chi connectivity index (χ1v) is 13.9. The number of nitrogens with one attached hydrogen (secondary N) is 2. The number of alkyl halides is 3. The van der Waals surface area contributed by atoms with E-state index in [0.717, 1.165) is 11.6 Å². The minimum atomic E-state index is -4.55. The van der Waals surface area contributed by atoms with Crippen molar-refractivity contribution in [1.82, 2.24) is 10.3 Å². The fourth-order valence-corrected chi connectivity index (χ4v) is 4.98. The van der Waals surface area contributed by atoms with Crippen molar-refractivity contribution in [2.45, 2.75) is 12.7 Å². The van der Waals surface area contributed by atoms with E-state index in [4.69, 9.17) is 10.5 Å². The number of amides is 2. The number of nitrogens with zero attached hydrogens (tertiary/aromatic N) is 1. The van der Waals surface area contributed by atoms with Crippen LogP contribution >= 0.6 is 0 Å². The number of nitrogen functional groups attached to an aromatic ring is 1. The molecule has 0 fully saturated rings. The highest BCUT2D eigenvalue weighted by Gasteiger charge is 2.33. The van der Waals surface area contributed by atoms with Crippen molar-refractivity contribution in [3.8, 4) is 11.5 Å². The Hall–Kier alpha value is -5.90. The van der Waals surface area contributed by atoms with Gasteiger partial charge in [0.15, 0.2) is 0 Å². The molecule has 0 saturated carbocycles. The van der Waals surface area contributed by atoms with Crippen LogP contribution in [0.4, 0.5) is 24.5 Å². The summed E-state index contributed by atoms with van der Waals surface area (Å²) in [5, 5.41) is 7.31. The first-order chi connectivity index (χ1) is 21.7. The van der Waals surface area contributed by atoms with E-state index in [2.05, 4.69) is 15.6 Å². The molecule has 0 unspecified atom stereocenters. The van der Waals surface area contributed by atoms with Gasteiger partial charge in [-0.05, 0) is 83.1 Å². The number of carbonyl (C=O) groups is 2. The molecule has 45 heavy (non-hydrogen) atoms. The van der Waals surface area contributed by atoms with Crippen LogP contribution in [0.25, 0.3) is 21.7 Å². The lowest BCUT2D eigenvalue weighted by atomic mass is 10.0. The van der Waals surface area contributed by atoms with E-state index in [0.29, 0.717) is 39.0 Å². The Kier molecular flexibility index (Phi) is 7.78. The maximum atomic E-state index is 13.5. The zero-order chi connectivity index (χ0) is 31.6. The van der Waals surface area contributed by atoms with Gasteiger partial charge in [-0.1, -0.05) is 42.5 Å². The maximum absolute atomic E-state index is 13.5. The highest BCUT2D eigenvalue weighted by molar-refractivity contribution is 6.07. The average molecular weight is 607 g/mol. The van der Waals surface area contributed by atoms with Crippen molar-refractivity contribution >= 4 is 44.9 Å². The second-order valence-corrected chi connectivity index (χ2v) is 10.2. The smallest absolute Gasteiger partial charge is 0.418 e. The van der Waals surface area contributed by atoms with Gasteiger partial charge in [0.2, 0.25) is 0 Å². The number of halogens is 3. The quantitative estimate of drug-likeness (QED) is 0.160. The average Bonchev–Trinajstić information content (AvgIpc) is 3.04. The van der Waals surface area contributed by atoms with Gasteiger partial charge in [-0.25, -0.2) is 0 Å². The van der Waals surface area contributed by atoms with Crippen LogP contribution in [0.15, 0.2) is 115 Å². The third-order valence-corrected chi connectivity index (χ3v) is 7.24. The first kappa shape index (κ1) is 29.2. The van der Waals surface area contributed by atoms with Crippen LogP contribution in [-0.4, -0.2) is 16.8 Å². The van der Waals surface area contributed by atoms with Crippen molar-refractivity contribution in [3.05, 3.63) is 138 Å². The number of nitrogens with two attached hydrogens (primary N) is 1. The Morgan fingerprint density at radius 1 is 0.800 bits per heavy atom. The van der Waals surface area contributed by atoms with Crippen LogP contribution in [0, 0.1) is 0 Å². The highest BCUT2D eigenvalue weighted by atomic mass is 19.4. The summed E-state index contributed by atoms with van der Waals surface area (Å²) in [5.41, 5.74) is 7.55. The van der Waals surface area contributed by atoms with Gasteiger partial charge in [0, 0.05) is 29.3 Å². The summed E-state index contributed by atoms with van der Waals surface area (Å²) < 4.78 is 46.5. The molecule has 1 aromatic heterocycles. The van der Waals surface area contributed by atoms with Crippen LogP contribution < -0.4 is 21.1 Å². The summed E-state index contributed by atoms with van der Waals surface area (Å²) >= 11 is 0. The SMILES string of the molecule is Nc1ccccc1NC(=O)c1ccc(CNC(=O)c2cccc3cc(Oc4ccnc5c(C(F)(F)F)cccc45)ccc23)cc1. The summed E-state index contributed by atoms with van der Waals surface area (Å²) in [6.45, 7) is 0.235. The Balaban J connectivity index is 1.15. The lowest BCUT2D eigenvalue weighted by Crippen LogP contribution is -2.23. The number of aromatic nitrogens is 1.